The van der Waals surface area contributed by atoms with Gasteiger partial charge in [0.2, 0.25) is 5.75 Å². The highest BCUT2D eigenvalue weighted by molar-refractivity contribution is 9.15. The number of benzene rings is 1. The third kappa shape index (κ3) is 5.97. The molecule has 0 aromatic heterocycles. The lowest BCUT2D eigenvalue weighted by Gasteiger charge is -2.16. The lowest BCUT2D eigenvalue weighted by molar-refractivity contribution is -0.141. The fourth-order valence-electron chi connectivity index (χ4n) is 1.96. The highest BCUT2D eigenvalue weighted by atomic mass is 79.9. The first-order chi connectivity index (χ1) is 11.8. The molecule has 0 unspecified atom stereocenters. The maximum Gasteiger partial charge on any atom is 0.302 e. The highest BCUT2D eigenvalue weighted by Crippen LogP contribution is 2.41. The van der Waals surface area contributed by atoms with E-state index in [9.17, 15) is 9.59 Å². The largest absolute Gasteiger partial charge is 0.493 e. The topological polar surface area (TPSA) is 80.3 Å². The van der Waals surface area contributed by atoms with Crippen molar-refractivity contribution in [1.29, 1.82) is 0 Å². The minimum Gasteiger partial charge on any atom is -0.493 e. The summed E-state index contributed by atoms with van der Waals surface area (Å²) in [7, 11) is 4.53. The molecule has 0 aliphatic carbocycles. The molecular weight excluding hydrogens is 396 g/mol. The molecule has 0 bridgehead atoms. The molecule has 138 valence electrons. The van der Waals surface area contributed by atoms with Gasteiger partial charge < -0.3 is 23.7 Å². The summed E-state index contributed by atoms with van der Waals surface area (Å²) in [5.41, 5.74) is 1.25. The van der Waals surface area contributed by atoms with Crippen LogP contribution < -0.4 is 14.2 Å². The maximum absolute atomic E-state index is 11.1. The van der Waals surface area contributed by atoms with E-state index in [-0.39, 0.29) is 13.2 Å². The smallest absolute Gasteiger partial charge is 0.302 e. The van der Waals surface area contributed by atoms with Gasteiger partial charge in [-0.15, -0.1) is 0 Å². The molecule has 8 heteroatoms. The molecule has 0 saturated heterocycles. The molecule has 1 rings (SSSR count). The number of methoxy groups -OCH3 is 3. The van der Waals surface area contributed by atoms with Gasteiger partial charge in [0, 0.05) is 23.9 Å². The molecule has 1 aromatic carbocycles. The molecule has 0 amide bonds. The molecule has 0 heterocycles. The van der Waals surface area contributed by atoms with Crippen LogP contribution in [0.1, 0.15) is 19.4 Å². The first-order valence-electron chi connectivity index (χ1n) is 7.28. The average Bonchev–Trinajstić information content (AvgIpc) is 2.59. The van der Waals surface area contributed by atoms with Crippen molar-refractivity contribution in [2.75, 3.05) is 34.5 Å². The van der Waals surface area contributed by atoms with Crippen molar-refractivity contribution in [3.8, 4) is 17.2 Å². The number of esters is 2. The van der Waals surface area contributed by atoms with Crippen molar-refractivity contribution in [1.82, 2.24) is 0 Å². The highest BCUT2D eigenvalue weighted by Gasteiger charge is 2.17. The second kappa shape index (κ2) is 9.93. The van der Waals surface area contributed by atoms with Gasteiger partial charge in [0.1, 0.15) is 13.2 Å². The van der Waals surface area contributed by atoms with Gasteiger partial charge in [-0.25, -0.2) is 0 Å². The van der Waals surface area contributed by atoms with Crippen LogP contribution in [-0.2, 0) is 19.1 Å². The molecule has 0 saturated carbocycles. The van der Waals surface area contributed by atoms with Gasteiger partial charge in [0.05, 0.1) is 21.3 Å². The Bertz CT molecular complexity index is 622. The molecule has 0 N–H and O–H groups in total. The fourth-order valence-corrected chi connectivity index (χ4v) is 2.42. The van der Waals surface area contributed by atoms with Crippen LogP contribution in [0.4, 0.5) is 0 Å². The van der Waals surface area contributed by atoms with Crippen molar-refractivity contribution < 1.29 is 33.3 Å². The Morgan fingerprint density at radius 1 is 0.880 bits per heavy atom. The van der Waals surface area contributed by atoms with E-state index in [4.69, 9.17) is 23.7 Å². The zero-order chi connectivity index (χ0) is 19.0. The number of hydrogen-bond donors (Lipinski definition) is 0. The first-order valence-corrected chi connectivity index (χ1v) is 8.07. The second-order valence-electron chi connectivity index (χ2n) is 4.89. The third-order valence-electron chi connectivity index (χ3n) is 3.13. The van der Waals surface area contributed by atoms with Crippen molar-refractivity contribution >= 4 is 32.4 Å². The Balaban J connectivity index is 3.35. The van der Waals surface area contributed by atoms with E-state index in [1.807, 2.05) is 0 Å². The van der Waals surface area contributed by atoms with Crippen LogP contribution in [0.2, 0.25) is 0 Å². The van der Waals surface area contributed by atoms with Gasteiger partial charge in [0.25, 0.3) is 0 Å². The van der Waals surface area contributed by atoms with Gasteiger partial charge in [-0.1, -0.05) is 0 Å². The molecule has 0 fully saturated rings. The summed E-state index contributed by atoms with van der Waals surface area (Å²) in [6.07, 6.45) is 0. The maximum atomic E-state index is 11.1. The quantitative estimate of drug-likeness (QED) is 0.602. The summed E-state index contributed by atoms with van der Waals surface area (Å²) in [4.78, 5) is 22.2. The Kier molecular flexibility index (Phi) is 8.27. The minimum atomic E-state index is -0.439. The summed E-state index contributed by atoms with van der Waals surface area (Å²) >= 11 is 3.47. The fraction of sp³-hybridized carbons (Fsp3) is 0.412. The molecule has 0 aliphatic heterocycles. The van der Waals surface area contributed by atoms with Crippen LogP contribution in [0.5, 0.6) is 17.2 Å². The van der Waals surface area contributed by atoms with Gasteiger partial charge in [-0.3, -0.25) is 9.59 Å². The molecule has 0 aliphatic rings. The Labute approximate surface area is 155 Å². The monoisotopic (exact) mass is 416 g/mol. The first kappa shape index (κ1) is 20.8. The number of ether oxygens (including phenoxy) is 5. The normalized spacial score (nSPS) is 9.84. The number of halogens is 1. The number of carbonyl (C=O) groups excluding carboxylic acids is 2. The number of hydrogen-bond acceptors (Lipinski definition) is 7. The molecule has 0 radical (unpaired) electrons. The van der Waals surface area contributed by atoms with E-state index in [2.05, 4.69) is 15.9 Å². The minimum absolute atomic E-state index is 0.0279. The van der Waals surface area contributed by atoms with Crippen LogP contribution in [-0.4, -0.2) is 46.5 Å². The molecular formula is C17H21BrO7. The Hall–Kier alpha value is -2.22. The molecule has 0 atom stereocenters. The molecule has 7 nitrogen and oxygen atoms in total. The Morgan fingerprint density at radius 3 is 1.64 bits per heavy atom. The standard InChI is InChI=1S/C17H21BrO7/c1-10(19)24-8-13(9-25-11(2)20)16(18)12-6-14(21-3)17(23-5)15(7-12)22-4/h6-7H,8-9H2,1-5H3. The third-order valence-corrected chi connectivity index (χ3v) is 4.15. The summed E-state index contributed by atoms with van der Waals surface area (Å²) in [5.74, 6) is 0.507. The number of carbonyl (C=O) groups is 2. The van der Waals surface area contributed by atoms with Gasteiger partial charge in [0.15, 0.2) is 11.5 Å². The van der Waals surface area contributed by atoms with Crippen LogP contribution in [0.3, 0.4) is 0 Å². The zero-order valence-electron chi connectivity index (χ0n) is 14.8. The van der Waals surface area contributed by atoms with E-state index in [1.54, 1.807) is 12.1 Å². The van der Waals surface area contributed by atoms with Gasteiger partial charge >= 0.3 is 11.9 Å². The van der Waals surface area contributed by atoms with Crippen molar-refractivity contribution in [3.63, 3.8) is 0 Å². The van der Waals surface area contributed by atoms with Gasteiger partial charge in [-0.2, -0.15) is 0 Å². The predicted molar refractivity (Wildman–Crippen MR) is 95.2 cm³/mol. The summed E-state index contributed by atoms with van der Waals surface area (Å²) in [6, 6.07) is 3.46. The summed E-state index contributed by atoms with van der Waals surface area (Å²) in [5, 5.41) is 0. The Morgan fingerprint density at radius 2 is 1.32 bits per heavy atom. The molecule has 0 spiro atoms. The van der Waals surface area contributed by atoms with E-state index in [0.717, 1.165) is 0 Å². The van der Waals surface area contributed by atoms with Crippen molar-refractivity contribution in [2.45, 2.75) is 13.8 Å². The van der Waals surface area contributed by atoms with Crippen molar-refractivity contribution in [3.05, 3.63) is 23.3 Å². The van der Waals surface area contributed by atoms with E-state index >= 15 is 0 Å². The van der Waals surface area contributed by atoms with Crippen molar-refractivity contribution in [2.24, 2.45) is 0 Å². The predicted octanol–water partition coefficient (Wildman–Crippen LogP) is 2.94. The second-order valence-corrected chi connectivity index (χ2v) is 5.69. The van der Waals surface area contributed by atoms with E-state index in [1.165, 1.54) is 35.2 Å². The number of rotatable bonds is 8. The lowest BCUT2D eigenvalue weighted by Crippen LogP contribution is -2.11. The zero-order valence-corrected chi connectivity index (χ0v) is 16.4. The SMILES string of the molecule is COc1cc(C(Br)=C(COC(C)=O)COC(C)=O)cc(OC)c1OC. The van der Waals surface area contributed by atoms with Gasteiger partial charge in [-0.05, 0) is 33.6 Å². The summed E-state index contributed by atoms with van der Waals surface area (Å²) < 4.78 is 26.6. The van der Waals surface area contributed by atoms with Crippen LogP contribution in [0.25, 0.3) is 4.48 Å². The van der Waals surface area contributed by atoms with E-state index in [0.29, 0.717) is 32.9 Å². The van der Waals surface area contributed by atoms with Crippen LogP contribution >= 0.6 is 15.9 Å². The van der Waals surface area contributed by atoms with Crippen LogP contribution in [0, 0.1) is 0 Å². The molecule has 1 aromatic rings. The average molecular weight is 417 g/mol. The van der Waals surface area contributed by atoms with E-state index < -0.39 is 11.9 Å². The van der Waals surface area contributed by atoms with Crippen LogP contribution in [0.15, 0.2) is 17.7 Å². The summed E-state index contributed by atoms with van der Waals surface area (Å²) in [6.45, 7) is 2.55. The lowest BCUT2D eigenvalue weighted by atomic mass is 10.1. The molecule has 25 heavy (non-hydrogen) atoms.